The number of ether oxygens (including phenoxy) is 2. The molecule has 0 bridgehead atoms. The Morgan fingerprint density at radius 3 is 1.47 bits per heavy atom. The second kappa shape index (κ2) is 5.93. The fourth-order valence-corrected chi connectivity index (χ4v) is 1.56. The van der Waals surface area contributed by atoms with Gasteiger partial charge in [0.25, 0.3) is 0 Å². The minimum absolute atomic E-state index is 0.146. The largest absolute Gasteiger partial charge is 0.399 e. The van der Waals surface area contributed by atoms with E-state index in [0.29, 0.717) is 13.2 Å². The molecule has 0 unspecified atom stereocenters. The first kappa shape index (κ1) is 16.0. The Kier molecular flexibility index (Phi) is 4.99. The molecule has 0 heterocycles. The van der Waals surface area contributed by atoms with E-state index in [1.54, 1.807) is 0 Å². The van der Waals surface area contributed by atoms with Crippen LogP contribution in [-0.2, 0) is 22.7 Å². The molecule has 0 aliphatic heterocycles. The Bertz CT molecular complexity index is 377. The molecule has 0 spiro atoms. The Hall–Kier alpha value is -1.06. The molecule has 0 aromatic heterocycles. The number of anilines is 1. The summed E-state index contributed by atoms with van der Waals surface area (Å²) in [6.45, 7) is 13.4. The number of benzene rings is 1. The zero-order valence-electron chi connectivity index (χ0n) is 13.0. The molecule has 0 aliphatic carbocycles. The van der Waals surface area contributed by atoms with Gasteiger partial charge in [-0.25, -0.2) is 0 Å². The molecule has 0 saturated carbocycles. The van der Waals surface area contributed by atoms with Gasteiger partial charge in [0.15, 0.2) is 0 Å². The van der Waals surface area contributed by atoms with Crippen molar-refractivity contribution in [2.24, 2.45) is 0 Å². The lowest BCUT2D eigenvalue weighted by molar-refractivity contribution is -0.0171. The van der Waals surface area contributed by atoms with E-state index in [0.717, 1.165) is 16.8 Å². The molecule has 3 heteroatoms. The monoisotopic (exact) mass is 265 g/mol. The summed E-state index contributed by atoms with van der Waals surface area (Å²) < 4.78 is 11.5. The topological polar surface area (TPSA) is 44.5 Å². The van der Waals surface area contributed by atoms with E-state index in [4.69, 9.17) is 15.2 Å². The average molecular weight is 265 g/mol. The molecule has 0 aliphatic rings. The predicted molar refractivity (Wildman–Crippen MR) is 79.9 cm³/mol. The second-order valence-corrected chi connectivity index (χ2v) is 6.88. The zero-order chi connectivity index (χ0) is 14.7. The van der Waals surface area contributed by atoms with Crippen LogP contribution in [0.5, 0.6) is 0 Å². The third-order valence-electron chi connectivity index (χ3n) is 2.42. The highest BCUT2D eigenvalue weighted by atomic mass is 16.5. The Labute approximate surface area is 117 Å². The number of nitrogen functional groups attached to an aromatic ring is 1. The van der Waals surface area contributed by atoms with Crippen LogP contribution in [0.1, 0.15) is 52.7 Å². The summed E-state index contributed by atoms with van der Waals surface area (Å²) in [5, 5.41) is 0. The Morgan fingerprint density at radius 2 is 1.16 bits per heavy atom. The first-order valence-corrected chi connectivity index (χ1v) is 6.71. The van der Waals surface area contributed by atoms with Crippen molar-refractivity contribution in [3.63, 3.8) is 0 Å². The average Bonchev–Trinajstić information content (AvgIpc) is 2.21. The molecule has 1 aromatic carbocycles. The normalized spacial score (nSPS) is 12.7. The fraction of sp³-hybridized carbons (Fsp3) is 0.625. The molecular formula is C16H27NO2. The summed E-state index contributed by atoms with van der Waals surface area (Å²) in [6.07, 6.45) is 0. The van der Waals surface area contributed by atoms with E-state index in [1.807, 2.05) is 53.7 Å². The highest BCUT2D eigenvalue weighted by Crippen LogP contribution is 2.19. The summed E-state index contributed by atoms with van der Waals surface area (Å²) >= 11 is 0. The van der Waals surface area contributed by atoms with Gasteiger partial charge in [0.2, 0.25) is 0 Å². The Balaban J connectivity index is 2.71. The summed E-state index contributed by atoms with van der Waals surface area (Å²) in [4.78, 5) is 0. The first-order chi connectivity index (χ1) is 8.55. The van der Waals surface area contributed by atoms with Crippen molar-refractivity contribution in [2.45, 2.75) is 66.0 Å². The van der Waals surface area contributed by atoms with Crippen molar-refractivity contribution in [2.75, 3.05) is 5.73 Å². The van der Waals surface area contributed by atoms with E-state index in [9.17, 15) is 0 Å². The van der Waals surface area contributed by atoms with Gasteiger partial charge >= 0.3 is 0 Å². The minimum Gasteiger partial charge on any atom is -0.399 e. The first-order valence-electron chi connectivity index (χ1n) is 6.71. The van der Waals surface area contributed by atoms with Crippen LogP contribution in [0.15, 0.2) is 18.2 Å². The third kappa shape index (κ3) is 7.19. The standard InChI is InChI=1S/C16H27NO2/c1-15(2,3)18-10-12-7-13(9-14(17)8-12)11-19-16(4,5)6/h7-9H,10-11,17H2,1-6H3. The Morgan fingerprint density at radius 1 is 0.789 bits per heavy atom. The number of hydrogen-bond acceptors (Lipinski definition) is 3. The molecule has 0 amide bonds. The lowest BCUT2D eigenvalue weighted by atomic mass is 10.1. The van der Waals surface area contributed by atoms with Crippen molar-refractivity contribution >= 4 is 5.69 Å². The van der Waals surface area contributed by atoms with Crippen LogP contribution in [-0.4, -0.2) is 11.2 Å². The molecule has 0 radical (unpaired) electrons. The number of nitrogens with two attached hydrogens (primary N) is 1. The van der Waals surface area contributed by atoms with Crippen LogP contribution in [0.25, 0.3) is 0 Å². The lowest BCUT2D eigenvalue weighted by Crippen LogP contribution is -2.19. The zero-order valence-corrected chi connectivity index (χ0v) is 13.0. The van der Waals surface area contributed by atoms with E-state index < -0.39 is 0 Å². The highest BCUT2D eigenvalue weighted by molar-refractivity contribution is 5.44. The van der Waals surface area contributed by atoms with Gasteiger partial charge in [-0.15, -0.1) is 0 Å². The van der Waals surface area contributed by atoms with Gasteiger partial charge in [0, 0.05) is 5.69 Å². The molecule has 0 atom stereocenters. The van der Waals surface area contributed by atoms with Gasteiger partial charge in [0.1, 0.15) is 0 Å². The molecule has 0 fully saturated rings. The summed E-state index contributed by atoms with van der Waals surface area (Å²) in [6, 6.07) is 5.99. The molecule has 3 nitrogen and oxygen atoms in total. The van der Waals surface area contributed by atoms with Crippen molar-refractivity contribution < 1.29 is 9.47 Å². The van der Waals surface area contributed by atoms with Crippen LogP contribution in [0.3, 0.4) is 0 Å². The van der Waals surface area contributed by atoms with Crippen molar-refractivity contribution in [3.05, 3.63) is 29.3 Å². The number of hydrogen-bond donors (Lipinski definition) is 1. The summed E-state index contributed by atoms with van der Waals surface area (Å²) in [5.74, 6) is 0. The quantitative estimate of drug-likeness (QED) is 0.840. The summed E-state index contributed by atoms with van der Waals surface area (Å²) in [7, 11) is 0. The van der Waals surface area contributed by atoms with Crippen LogP contribution < -0.4 is 5.73 Å². The minimum atomic E-state index is -0.146. The second-order valence-electron chi connectivity index (χ2n) is 6.88. The predicted octanol–water partition coefficient (Wildman–Crippen LogP) is 3.90. The van der Waals surface area contributed by atoms with Gasteiger partial charge in [-0.2, -0.15) is 0 Å². The summed E-state index contributed by atoms with van der Waals surface area (Å²) in [5.41, 5.74) is 8.56. The third-order valence-corrected chi connectivity index (χ3v) is 2.42. The van der Waals surface area contributed by atoms with Gasteiger partial charge in [-0.05, 0) is 64.8 Å². The van der Waals surface area contributed by atoms with Crippen LogP contribution in [0.4, 0.5) is 5.69 Å². The van der Waals surface area contributed by atoms with Gasteiger partial charge in [-0.1, -0.05) is 6.07 Å². The van der Waals surface area contributed by atoms with E-state index in [-0.39, 0.29) is 11.2 Å². The number of rotatable bonds is 4. The van der Waals surface area contributed by atoms with Gasteiger partial charge < -0.3 is 15.2 Å². The van der Waals surface area contributed by atoms with Gasteiger partial charge in [0.05, 0.1) is 24.4 Å². The fourth-order valence-electron chi connectivity index (χ4n) is 1.56. The maximum atomic E-state index is 5.93. The molecule has 2 N–H and O–H groups in total. The molecule has 108 valence electrons. The van der Waals surface area contributed by atoms with E-state index >= 15 is 0 Å². The van der Waals surface area contributed by atoms with Crippen LogP contribution in [0.2, 0.25) is 0 Å². The van der Waals surface area contributed by atoms with Crippen molar-refractivity contribution in [1.82, 2.24) is 0 Å². The van der Waals surface area contributed by atoms with E-state index in [2.05, 4.69) is 6.07 Å². The molecule has 19 heavy (non-hydrogen) atoms. The molecule has 0 saturated heterocycles. The van der Waals surface area contributed by atoms with Crippen molar-refractivity contribution in [3.8, 4) is 0 Å². The van der Waals surface area contributed by atoms with Crippen LogP contribution >= 0.6 is 0 Å². The van der Waals surface area contributed by atoms with Gasteiger partial charge in [-0.3, -0.25) is 0 Å². The lowest BCUT2D eigenvalue weighted by Gasteiger charge is -2.21. The molecule has 1 rings (SSSR count). The smallest absolute Gasteiger partial charge is 0.0724 e. The maximum Gasteiger partial charge on any atom is 0.0724 e. The molecule has 1 aromatic rings. The highest BCUT2D eigenvalue weighted by Gasteiger charge is 2.12. The maximum absolute atomic E-state index is 5.93. The van der Waals surface area contributed by atoms with Crippen molar-refractivity contribution in [1.29, 1.82) is 0 Å². The SMILES string of the molecule is CC(C)(C)OCc1cc(N)cc(COC(C)(C)C)c1. The molecular weight excluding hydrogens is 238 g/mol. The van der Waals surface area contributed by atoms with Crippen LogP contribution in [0, 0.1) is 0 Å². The van der Waals surface area contributed by atoms with E-state index in [1.165, 1.54) is 0 Å².